The summed E-state index contributed by atoms with van der Waals surface area (Å²) in [6, 6.07) is 29.6. The van der Waals surface area contributed by atoms with Crippen LogP contribution in [0.25, 0.3) is 61.3 Å². The fourth-order valence-electron chi connectivity index (χ4n) is 7.86. The molecule has 4 heterocycles. The molecule has 0 bridgehead atoms. The van der Waals surface area contributed by atoms with E-state index >= 15 is 0 Å². The molecule has 1 aliphatic heterocycles. The van der Waals surface area contributed by atoms with E-state index in [-0.39, 0.29) is 54.8 Å². The number of aromatic nitrogens is 5. The van der Waals surface area contributed by atoms with E-state index in [0.29, 0.717) is 51.4 Å². The molecular weight excluding hydrogens is 1020 g/mol. The van der Waals surface area contributed by atoms with Crippen LogP contribution in [0, 0.1) is 12.1 Å². The predicted octanol–water partition coefficient (Wildman–Crippen LogP) is 14.3. The fraction of sp³-hybridized carbons (Fsp3) is 0.203. The van der Waals surface area contributed by atoms with Crippen LogP contribution in [0.3, 0.4) is 0 Å². The Labute approximate surface area is 427 Å². The number of rotatable bonds is 8. The second-order valence-corrected chi connectivity index (χ2v) is 19.4. The van der Waals surface area contributed by atoms with Gasteiger partial charge in [0, 0.05) is 34.0 Å². The Kier molecular flexibility index (Phi) is 9.21. The number of benzene rings is 6. The van der Waals surface area contributed by atoms with Crippen molar-refractivity contribution in [3.63, 3.8) is 0 Å². The molecule has 10 rings (SSSR count). The quantitative estimate of drug-likeness (QED) is 0.112. The van der Waals surface area contributed by atoms with E-state index in [9.17, 15) is 0 Å². The maximum atomic E-state index is 9.15. The molecule has 0 saturated heterocycles. The van der Waals surface area contributed by atoms with Crippen molar-refractivity contribution >= 4 is 39.2 Å². The monoisotopic (exact) mass is 1080 g/mol. The number of hydrogen-bond acceptors (Lipinski definition) is 5. The number of ether oxygens (including phenoxy) is 1. The average molecular weight is 1080 g/mol. The van der Waals surface area contributed by atoms with Gasteiger partial charge in [-0.2, -0.15) is 6.07 Å². The molecular formula is C59H53N7OPt+2. The second-order valence-electron chi connectivity index (χ2n) is 19.4. The number of hydrogen-bond donors (Lipinski definition) is 0. The van der Waals surface area contributed by atoms with Crippen molar-refractivity contribution < 1.29 is 48.7 Å². The molecule has 0 spiro atoms. The first-order valence-electron chi connectivity index (χ1n) is 27.0. The third-order valence-electron chi connectivity index (χ3n) is 11.3. The SMILES string of the molecule is [2H]c1c([2H])c([2H])c(-c2cc(C(C)(C)C)cc(-c3c([2H])c([2H])c([2H])c([2H])c3[2H])c2[N+]2=C=[N+](c3[c-]c(Oc4[c-]c5c(cc4-c4nc(C(C)(C)C)nc(C(C)(C)C)n4)c4ccccc4n5-c4ccccn4)ccc3)C=C2)c([2H])c1[2H].[Pt+2]. The van der Waals surface area contributed by atoms with Gasteiger partial charge >= 0.3 is 27.1 Å². The minimum atomic E-state index is -0.636. The summed E-state index contributed by atoms with van der Waals surface area (Å²) in [6.07, 6.45) is 5.04. The van der Waals surface area contributed by atoms with Crippen molar-refractivity contribution in [1.82, 2.24) is 24.5 Å². The Morgan fingerprint density at radius 1 is 0.618 bits per heavy atom. The molecule has 0 unspecified atom stereocenters. The van der Waals surface area contributed by atoms with E-state index in [1.165, 1.54) is 4.58 Å². The first-order chi connectivity index (χ1) is 36.2. The van der Waals surface area contributed by atoms with Crippen molar-refractivity contribution in [2.45, 2.75) is 78.6 Å². The van der Waals surface area contributed by atoms with Gasteiger partial charge in [0.05, 0.1) is 24.8 Å². The second kappa shape index (κ2) is 17.8. The molecule has 0 amide bonds. The number of pyridine rings is 1. The standard InChI is InChI=1S/C59H53N7O.Pt/c1-57(2,3)41-33-45(39-21-12-10-13-22-39)53(46(34-41)40-23-14-11-15-24-40)65-32-31-64(38-65)42-25-20-26-43(35-42)67-51-37-50-47(44-27-16-17-28-49(44)66(50)52-29-18-19-30-60-52)36-48(51)54-61-55(58(4,5)6)63-56(62-54)59(7,8)9;/h10-34,36H,1-9H3;/q;+2/i10D,11D,12D,13D,14D,15D,21D,22D,23D,24D;. The van der Waals surface area contributed by atoms with Gasteiger partial charge in [-0.1, -0.05) is 174 Å². The van der Waals surface area contributed by atoms with Crippen LogP contribution in [0.5, 0.6) is 11.5 Å². The van der Waals surface area contributed by atoms with Gasteiger partial charge in [-0.15, -0.1) is 23.6 Å². The molecule has 3 aromatic heterocycles. The molecule has 1 aliphatic rings. The summed E-state index contributed by atoms with van der Waals surface area (Å²) in [4.78, 5) is 19.9. The van der Waals surface area contributed by atoms with Crippen LogP contribution in [0.1, 0.15) is 93.2 Å². The van der Waals surface area contributed by atoms with Gasteiger partial charge < -0.3 is 9.30 Å². The summed E-state index contributed by atoms with van der Waals surface area (Å²) >= 11 is 0. The third-order valence-corrected chi connectivity index (χ3v) is 11.3. The smallest absolute Gasteiger partial charge is 0.508 e. The summed E-state index contributed by atoms with van der Waals surface area (Å²) in [6.45, 7) is 18.1. The van der Waals surface area contributed by atoms with Gasteiger partial charge in [-0.25, -0.2) is 19.9 Å². The van der Waals surface area contributed by atoms with Gasteiger partial charge in [0.25, 0.3) is 12.4 Å². The maximum Gasteiger partial charge on any atom is 2.00 e. The summed E-state index contributed by atoms with van der Waals surface area (Å²) in [5.74, 6) is 2.88. The first kappa shape index (κ1) is 35.1. The molecule has 8 nitrogen and oxygen atoms in total. The first-order valence-corrected chi connectivity index (χ1v) is 22.0. The third kappa shape index (κ3) is 8.90. The van der Waals surface area contributed by atoms with Crippen molar-refractivity contribution in [2.75, 3.05) is 0 Å². The van der Waals surface area contributed by atoms with Crippen molar-refractivity contribution in [3.8, 4) is 51.0 Å². The van der Waals surface area contributed by atoms with E-state index < -0.39 is 76.7 Å². The van der Waals surface area contributed by atoms with Crippen LogP contribution in [0.15, 0.2) is 158 Å². The van der Waals surface area contributed by atoms with E-state index in [2.05, 4.69) is 65.7 Å². The number of nitrogens with zero attached hydrogens (tertiary/aromatic N) is 7. The van der Waals surface area contributed by atoms with Gasteiger partial charge in [-0.05, 0) is 63.4 Å². The zero-order chi connectivity index (χ0) is 55.4. The molecule has 0 radical (unpaired) electrons. The van der Waals surface area contributed by atoms with E-state index in [1.54, 1.807) is 53.5 Å². The Hall–Kier alpha value is -7.11. The zero-order valence-electron chi connectivity index (χ0n) is 49.1. The molecule has 0 N–H and O–H groups in total. The van der Waals surface area contributed by atoms with E-state index in [4.69, 9.17) is 38.4 Å². The van der Waals surface area contributed by atoms with Crippen molar-refractivity contribution in [1.29, 1.82) is 0 Å². The van der Waals surface area contributed by atoms with Gasteiger partial charge in [0.15, 0.2) is 0 Å². The molecule has 68 heavy (non-hydrogen) atoms. The molecule has 0 fully saturated rings. The van der Waals surface area contributed by atoms with Crippen LogP contribution in [-0.2, 0) is 37.3 Å². The van der Waals surface area contributed by atoms with Crippen molar-refractivity contribution in [2.24, 2.45) is 0 Å². The van der Waals surface area contributed by atoms with Gasteiger partial charge in [0.2, 0.25) is 5.69 Å². The number of fused-ring (bicyclic) bond motifs is 3. The normalized spacial score (nSPS) is 14.9. The topological polar surface area (TPSA) is 71.7 Å². The summed E-state index contributed by atoms with van der Waals surface area (Å²) in [5, 5.41) is 1.83. The zero-order valence-corrected chi connectivity index (χ0v) is 41.4. The molecule has 0 atom stereocenters. The molecule has 9 aromatic rings. The van der Waals surface area contributed by atoms with Gasteiger partial charge in [0.1, 0.15) is 29.0 Å². The molecule has 338 valence electrons. The molecule has 6 aromatic carbocycles. The minimum absolute atomic E-state index is 0. The Morgan fingerprint density at radius 2 is 1.24 bits per heavy atom. The summed E-state index contributed by atoms with van der Waals surface area (Å²) < 4.78 is 100. The molecule has 0 aliphatic carbocycles. The van der Waals surface area contributed by atoms with Gasteiger partial charge in [-0.3, -0.25) is 0 Å². The Bertz CT molecular complexity index is 3900. The van der Waals surface area contributed by atoms with E-state index in [0.717, 1.165) is 16.3 Å². The molecule has 9 heteroatoms. The molecule has 0 saturated carbocycles. The maximum absolute atomic E-state index is 9.15. The number of para-hydroxylation sites is 1. The predicted molar refractivity (Wildman–Crippen MR) is 269 cm³/mol. The van der Waals surface area contributed by atoms with Crippen molar-refractivity contribution in [3.05, 3.63) is 187 Å². The minimum Gasteiger partial charge on any atom is -0.508 e. The van der Waals surface area contributed by atoms with Crippen LogP contribution in [0.4, 0.5) is 11.4 Å². The summed E-state index contributed by atoms with van der Waals surface area (Å²) in [5.41, 5.74) is 1.87. The van der Waals surface area contributed by atoms with Crippen LogP contribution in [0.2, 0.25) is 0 Å². The van der Waals surface area contributed by atoms with Crippen LogP contribution >= 0.6 is 0 Å². The van der Waals surface area contributed by atoms with Crippen LogP contribution < -0.4 is 4.74 Å². The van der Waals surface area contributed by atoms with Crippen LogP contribution in [-0.4, -0.2) is 39.7 Å². The Balaban J connectivity index is 0.00000740. The average Bonchev–Trinajstić information content (AvgIpc) is 4.13. The largest absolute Gasteiger partial charge is 2.00 e. The summed E-state index contributed by atoms with van der Waals surface area (Å²) in [7, 11) is 0. The van der Waals surface area contributed by atoms with E-state index in [1.807, 2.05) is 67.8 Å². The fourth-order valence-corrected chi connectivity index (χ4v) is 7.86. The Morgan fingerprint density at radius 3 is 1.84 bits per heavy atom.